The quantitative estimate of drug-likeness (QED) is 0.529. The Bertz CT molecular complexity index is 529. The maximum atomic E-state index is 2.29. The van der Waals surface area contributed by atoms with Crippen molar-refractivity contribution < 1.29 is 4.70 Å². The summed E-state index contributed by atoms with van der Waals surface area (Å²) in [6.07, 6.45) is 0. The van der Waals surface area contributed by atoms with Gasteiger partial charge in [-0.1, -0.05) is 0 Å². The summed E-state index contributed by atoms with van der Waals surface area (Å²) in [6.45, 7) is 0. The molecule has 0 N–H and O–H groups in total. The Kier molecular flexibility index (Phi) is 5.47. The average Bonchev–Trinajstić information content (AvgIpc) is 2.51. The van der Waals surface area contributed by atoms with Crippen LogP contribution in [-0.4, -0.2) is 22.7 Å². The summed E-state index contributed by atoms with van der Waals surface area (Å²) in [5, 5.41) is 0. The molecule has 0 heterocycles. The molecule has 0 aliphatic carbocycles. The molecular formula is C18H16FPb. The number of rotatable bonds is 3. The van der Waals surface area contributed by atoms with Crippen LogP contribution in [0.15, 0.2) is 91.0 Å². The zero-order valence-corrected chi connectivity index (χ0v) is 15.0. The monoisotopic (exact) mass is 459 g/mol. The van der Waals surface area contributed by atoms with Crippen LogP contribution in [0.1, 0.15) is 0 Å². The van der Waals surface area contributed by atoms with E-state index in [-0.39, 0.29) is 4.70 Å². The second-order valence-corrected chi connectivity index (χ2v) is 14.1. The SMILES string of the molecule is F.c1cc[c]([Pb]([c]2ccccc2)[c]2ccccc2)cc1. The van der Waals surface area contributed by atoms with Gasteiger partial charge in [0.15, 0.2) is 0 Å². The Morgan fingerprint density at radius 3 is 0.900 bits per heavy atom. The molecule has 0 bridgehead atoms. The van der Waals surface area contributed by atoms with Crippen molar-refractivity contribution in [3.63, 3.8) is 0 Å². The molecular weight excluding hydrogens is 442 g/mol. The second-order valence-electron chi connectivity index (χ2n) is 4.47. The summed E-state index contributed by atoms with van der Waals surface area (Å²) in [7, 11) is 0. The van der Waals surface area contributed by atoms with Crippen molar-refractivity contribution in [2.45, 2.75) is 0 Å². The first-order valence-electron chi connectivity index (χ1n) is 6.48. The standard InChI is InChI=1S/3C6H5.FH.Pb/c3*1-2-4-6-5-3-1;;/h3*1-5H;1H;. The van der Waals surface area contributed by atoms with Gasteiger partial charge in [-0.05, 0) is 0 Å². The zero-order valence-electron chi connectivity index (χ0n) is 11.1. The predicted molar refractivity (Wildman–Crippen MR) is 86.5 cm³/mol. The second kappa shape index (κ2) is 7.34. The van der Waals surface area contributed by atoms with Gasteiger partial charge < -0.3 is 0 Å². The molecule has 0 aliphatic heterocycles. The first-order valence-corrected chi connectivity index (χ1v) is 12.3. The van der Waals surface area contributed by atoms with Crippen LogP contribution in [0.2, 0.25) is 0 Å². The summed E-state index contributed by atoms with van der Waals surface area (Å²) < 4.78 is 4.64. The molecule has 0 amide bonds. The van der Waals surface area contributed by atoms with E-state index >= 15 is 0 Å². The first kappa shape index (κ1) is 14.9. The third-order valence-electron chi connectivity index (χ3n) is 3.19. The van der Waals surface area contributed by atoms with Crippen LogP contribution in [0.4, 0.5) is 4.70 Å². The van der Waals surface area contributed by atoms with Gasteiger partial charge in [-0.15, -0.1) is 0 Å². The normalized spacial score (nSPS) is 10.1. The summed E-state index contributed by atoms with van der Waals surface area (Å²) in [5.74, 6) is 0. The van der Waals surface area contributed by atoms with Crippen LogP contribution in [-0.2, 0) is 0 Å². The van der Waals surface area contributed by atoms with Gasteiger partial charge in [-0.3, -0.25) is 4.70 Å². The van der Waals surface area contributed by atoms with E-state index in [1.165, 1.54) is 0 Å². The van der Waals surface area contributed by atoms with E-state index in [1.807, 2.05) is 0 Å². The fourth-order valence-corrected chi connectivity index (χ4v) is 12.3. The van der Waals surface area contributed by atoms with Gasteiger partial charge in [-0.2, -0.15) is 0 Å². The van der Waals surface area contributed by atoms with Gasteiger partial charge in [0.2, 0.25) is 0 Å². The van der Waals surface area contributed by atoms with Crippen molar-refractivity contribution in [3.05, 3.63) is 91.0 Å². The van der Waals surface area contributed by atoms with Crippen LogP contribution in [0.25, 0.3) is 0 Å². The van der Waals surface area contributed by atoms with E-state index < -0.39 is 22.7 Å². The first-order chi connectivity index (χ1) is 9.45. The Morgan fingerprint density at radius 2 is 0.650 bits per heavy atom. The molecule has 0 atom stereocenters. The Balaban J connectivity index is 0.00000147. The van der Waals surface area contributed by atoms with Gasteiger partial charge in [0.25, 0.3) is 0 Å². The fraction of sp³-hybridized carbons (Fsp3) is 0. The van der Waals surface area contributed by atoms with Gasteiger partial charge >= 0.3 is 123 Å². The minimum atomic E-state index is -2.17. The van der Waals surface area contributed by atoms with Gasteiger partial charge in [0.1, 0.15) is 0 Å². The van der Waals surface area contributed by atoms with Crippen molar-refractivity contribution in [3.8, 4) is 0 Å². The van der Waals surface area contributed by atoms with Crippen molar-refractivity contribution in [2.24, 2.45) is 0 Å². The van der Waals surface area contributed by atoms with Crippen LogP contribution in [0.5, 0.6) is 0 Å². The number of benzene rings is 3. The third kappa shape index (κ3) is 3.34. The summed E-state index contributed by atoms with van der Waals surface area (Å²) in [4.78, 5) is 0. The maximum absolute atomic E-state index is 2.29. The molecule has 0 aliphatic rings. The topological polar surface area (TPSA) is 0 Å². The Morgan fingerprint density at radius 1 is 0.400 bits per heavy atom. The molecule has 3 aromatic carbocycles. The van der Waals surface area contributed by atoms with Gasteiger partial charge in [0.05, 0.1) is 0 Å². The molecule has 2 heteroatoms. The molecule has 0 aromatic heterocycles. The summed E-state index contributed by atoms with van der Waals surface area (Å²) in [5.41, 5.74) is 0. The van der Waals surface area contributed by atoms with Crippen LogP contribution >= 0.6 is 0 Å². The van der Waals surface area contributed by atoms with Crippen LogP contribution in [0.3, 0.4) is 0 Å². The average molecular weight is 459 g/mol. The van der Waals surface area contributed by atoms with Crippen LogP contribution in [0, 0.1) is 0 Å². The van der Waals surface area contributed by atoms with E-state index in [4.69, 9.17) is 0 Å². The molecule has 0 unspecified atom stereocenters. The predicted octanol–water partition coefficient (Wildman–Crippen LogP) is 2.36. The molecule has 0 nitrogen and oxygen atoms in total. The fourth-order valence-electron chi connectivity index (χ4n) is 2.31. The number of hydrogen-bond donors (Lipinski definition) is 0. The minimum absolute atomic E-state index is 0. The Labute approximate surface area is 127 Å². The molecule has 99 valence electrons. The van der Waals surface area contributed by atoms with E-state index in [9.17, 15) is 0 Å². The van der Waals surface area contributed by atoms with Crippen molar-refractivity contribution in [1.82, 2.24) is 0 Å². The molecule has 0 saturated heterocycles. The third-order valence-corrected chi connectivity index (χ3v) is 13.8. The molecule has 0 saturated carbocycles. The van der Waals surface area contributed by atoms with E-state index in [2.05, 4.69) is 91.0 Å². The van der Waals surface area contributed by atoms with Crippen molar-refractivity contribution in [1.29, 1.82) is 0 Å². The van der Waals surface area contributed by atoms with Crippen molar-refractivity contribution >= 4 is 32.1 Å². The van der Waals surface area contributed by atoms with Gasteiger partial charge in [-0.25, -0.2) is 0 Å². The summed E-state index contributed by atoms with van der Waals surface area (Å²) >= 11 is -2.17. The molecule has 3 rings (SSSR count). The molecule has 3 aromatic rings. The van der Waals surface area contributed by atoms with Crippen molar-refractivity contribution in [2.75, 3.05) is 0 Å². The van der Waals surface area contributed by atoms with Crippen LogP contribution < -0.4 is 9.37 Å². The molecule has 20 heavy (non-hydrogen) atoms. The number of halogens is 1. The van der Waals surface area contributed by atoms with Gasteiger partial charge in [0, 0.05) is 0 Å². The molecule has 0 fully saturated rings. The zero-order chi connectivity index (χ0) is 12.9. The van der Waals surface area contributed by atoms with E-state index in [0.29, 0.717) is 0 Å². The Hall–Kier alpha value is -1.49. The van der Waals surface area contributed by atoms with E-state index in [1.54, 1.807) is 9.37 Å². The van der Waals surface area contributed by atoms with E-state index in [0.717, 1.165) is 0 Å². The number of hydrogen-bond acceptors (Lipinski definition) is 0. The summed E-state index contributed by atoms with van der Waals surface area (Å²) in [6, 6.07) is 33.0. The molecule has 1 radical (unpaired) electrons. The molecule has 0 spiro atoms.